The van der Waals surface area contributed by atoms with Crippen molar-refractivity contribution < 1.29 is 32.8 Å². The Balaban J connectivity index is -0.0000000133. The molecule has 0 bridgehead atoms. The summed E-state index contributed by atoms with van der Waals surface area (Å²) in [5.74, 6) is 0. The van der Waals surface area contributed by atoms with Crippen LogP contribution < -0.4 is 0 Å². The fourth-order valence-electron chi connectivity index (χ4n) is 0. The molecule has 0 atom stereocenters. The number of hydrogen-bond donors (Lipinski definition) is 0. The van der Waals surface area contributed by atoms with Gasteiger partial charge < -0.3 is 0 Å². The van der Waals surface area contributed by atoms with Crippen molar-refractivity contribution in [1.29, 1.82) is 0 Å². The summed E-state index contributed by atoms with van der Waals surface area (Å²) in [5.41, 5.74) is 0. The molecule has 0 aliphatic heterocycles. The molecule has 0 amide bonds. The van der Waals surface area contributed by atoms with Crippen LogP contribution in [0.5, 0.6) is 0 Å². The van der Waals surface area contributed by atoms with Gasteiger partial charge in [-0.25, -0.2) is 0 Å². The van der Waals surface area contributed by atoms with Gasteiger partial charge in [-0.3, -0.25) is 0 Å². The van der Waals surface area contributed by atoms with Gasteiger partial charge in [-0.05, 0) is 0 Å². The van der Waals surface area contributed by atoms with Gasteiger partial charge in [0.25, 0.3) is 0 Å². The summed E-state index contributed by atoms with van der Waals surface area (Å²) >= 11 is 0.911. The zero-order valence-corrected chi connectivity index (χ0v) is 5.90. The zero-order chi connectivity index (χ0) is 4.00. The molecule has 0 saturated carbocycles. The predicted molar refractivity (Wildman–Crippen MR) is 9.63 cm³/mol. The molecule has 0 aromatic carbocycles. The molecule has 0 unspecified atom stereocenters. The van der Waals surface area contributed by atoms with E-state index in [9.17, 15) is 0 Å². The fraction of sp³-hybridized carbons (Fsp3) is 0. The summed E-state index contributed by atoms with van der Waals surface area (Å²) in [6.07, 6.45) is 0. The third-order valence-corrected chi connectivity index (χ3v) is 0. The van der Waals surface area contributed by atoms with Crippen molar-refractivity contribution in [3.8, 4) is 0 Å². The topological polar surface area (TPSA) is 34.1 Å². The first kappa shape index (κ1) is 8.89. The van der Waals surface area contributed by atoms with E-state index >= 15 is 0 Å². The van der Waals surface area contributed by atoms with Gasteiger partial charge in [-0.1, -0.05) is 0 Å². The quantitative estimate of drug-likeness (QED) is 0.427. The summed E-state index contributed by atoms with van der Waals surface area (Å²) in [7, 11) is 0. The SMILES string of the molecule is [H+].[O]=[AlH].[O]=[Zr]. The van der Waals surface area contributed by atoms with Crippen molar-refractivity contribution in [2.75, 3.05) is 0 Å². The molecule has 0 N–H and O–H groups in total. The van der Waals surface area contributed by atoms with Crippen LogP contribution in [0, 0.1) is 0 Å². The third-order valence-electron chi connectivity index (χ3n) is 0. The Bertz CT molecular complexity index is 11.6. The predicted octanol–water partition coefficient (Wildman–Crippen LogP) is -0.776. The van der Waals surface area contributed by atoms with Gasteiger partial charge in [0.15, 0.2) is 0 Å². The second-order valence-electron chi connectivity index (χ2n) is 0. The van der Waals surface area contributed by atoms with Crippen LogP contribution in [0.3, 0.4) is 0 Å². The molecule has 20 valence electrons. The molecule has 4 heteroatoms. The van der Waals surface area contributed by atoms with Gasteiger partial charge >= 0.3 is 49.0 Å². The molecule has 0 rings (SSSR count). The summed E-state index contributed by atoms with van der Waals surface area (Å²) in [6, 6.07) is 0. The molecule has 0 aliphatic carbocycles. The second-order valence-corrected chi connectivity index (χ2v) is 0. The Kier molecular flexibility index (Phi) is 78.7. The Labute approximate surface area is 49.0 Å². The van der Waals surface area contributed by atoms with Crippen molar-refractivity contribution in [2.45, 2.75) is 0 Å². The fourth-order valence-corrected chi connectivity index (χ4v) is 0. The molecule has 0 aliphatic rings. The van der Waals surface area contributed by atoms with Gasteiger partial charge in [0, 0.05) is 0 Å². The Morgan fingerprint density at radius 1 is 1.50 bits per heavy atom. The molecular weight excluding hydrogens is 150 g/mol. The molecule has 0 saturated heterocycles. The first-order valence-corrected chi connectivity index (χ1v) is 2.07. The normalized spacial score (nSPS) is 1.50. The standard InChI is InChI=1S/Al.2O.Zr.H/p+1. The van der Waals surface area contributed by atoms with E-state index in [1.807, 2.05) is 0 Å². The first-order valence-electron chi connectivity index (χ1n) is 0.493. The first-order chi connectivity index (χ1) is 2.00. The summed E-state index contributed by atoms with van der Waals surface area (Å²) < 4.78 is 16.6. The van der Waals surface area contributed by atoms with Crippen LogP contribution >= 0.6 is 0 Å². The van der Waals surface area contributed by atoms with E-state index in [-0.39, 0.29) is 1.43 Å². The van der Waals surface area contributed by atoms with Crippen LogP contribution in [0.25, 0.3) is 0 Å². The Morgan fingerprint density at radius 3 is 1.50 bits per heavy atom. The van der Waals surface area contributed by atoms with Crippen LogP contribution in [-0.2, 0) is 31.3 Å². The third kappa shape index (κ3) is 11.9. The van der Waals surface area contributed by atoms with Crippen molar-refractivity contribution in [1.82, 2.24) is 0 Å². The molecule has 4 heavy (non-hydrogen) atoms. The van der Waals surface area contributed by atoms with Crippen LogP contribution in [0.4, 0.5) is 0 Å². The molecule has 0 fully saturated rings. The van der Waals surface area contributed by atoms with E-state index < -0.39 is 0 Å². The van der Waals surface area contributed by atoms with E-state index in [1.165, 1.54) is 0 Å². The Morgan fingerprint density at radius 2 is 1.50 bits per heavy atom. The summed E-state index contributed by atoms with van der Waals surface area (Å²) in [5, 5.41) is 0. The molecule has 0 heterocycles. The van der Waals surface area contributed by atoms with Crippen LogP contribution in [0.15, 0.2) is 0 Å². The molecular formula is H2AlO2Zr+. The van der Waals surface area contributed by atoms with E-state index in [0.717, 1.165) is 0 Å². The van der Waals surface area contributed by atoms with E-state index in [4.69, 9.17) is 6.62 Å². The molecule has 0 spiro atoms. The Hall–Kier alpha value is 1.02. The average molecular weight is 152 g/mol. The van der Waals surface area contributed by atoms with Gasteiger partial charge in [0.05, 0.1) is 0 Å². The van der Waals surface area contributed by atoms with Gasteiger partial charge in [0.2, 0.25) is 0 Å². The van der Waals surface area contributed by atoms with Crippen molar-refractivity contribution in [2.24, 2.45) is 0 Å². The van der Waals surface area contributed by atoms with Gasteiger partial charge in [-0.15, -0.1) is 0 Å². The maximum atomic E-state index is 8.34. The second kappa shape index (κ2) is 35.4. The van der Waals surface area contributed by atoms with Crippen molar-refractivity contribution in [3.05, 3.63) is 0 Å². The van der Waals surface area contributed by atoms with Crippen LogP contribution in [0.2, 0.25) is 0 Å². The summed E-state index contributed by atoms with van der Waals surface area (Å²) in [4.78, 5) is 0. The van der Waals surface area contributed by atoms with Crippen molar-refractivity contribution >= 4 is 16.2 Å². The molecule has 0 radical (unpaired) electrons. The minimum atomic E-state index is 0. The van der Waals surface area contributed by atoms with Crippen LogP contribution in [-0.4, -0.2) is 16.2 Å². The molecule has 0 aromatic rings. The number of rotatable bonds is 0. The van der Waals surface area contributed by atoms with E-state index in [1.54, 1.807) is 0 Å². The van der Waals surface area contributed by atoms with Gasteiger partial charge in [0.1, 0.15) is 0 Å². The van der Waals surface area contributed by atoms with Crippen molar-refractivity contribution in [3.63, 3.8) is 0 Å². The average Bonchev–Trinajstić information content (AvgIpc) is 1.50. The zero-order valence-electron chi connectivity index (χ0n) is 3.02. The number of hydrogen-bond acceptors (Lipinski definition) is 2. The summed E-state index contributed by atoms with van der Waals surface area (Å²) in [6.45, 7) is 0. The molecule has 0 aromatic heterocycles. The molecule has 2 nitrogen and oxygen atoms in total. The van der Waals surface area contributed by atoms with E-state index in [0.29, 0.717) is 40.9 Å². The van der Waals surface area contributed by atoms with Crippen LogP contribution in [0.1, 0.15) is 1.43 Å². The minimum absolute atomic E-state index is 0. The maximum absolute atomic E-state index is 8.34. The monoisotopic (exact) mass is 151 g/mol. The van der Waals surface area contributed by atoms with Gasteiger partial charge in [-0.2, -0.15) is 0 Å². The van der Waals surface area contributed by atoms with E-state index in [2.05, 4.69) is 0 Å².